The van der Waals surface area contributed by atoms with Gasteiger partial charge in [-0.1, -0.05) is 12.1 Å². The highest BCUT2D eigenvalue weighted by Gasteiger charge is 2.06. The Bertz CT molecular complexity index is 662. The molecule has 2 aromatic heterocycles. The van der Waals surface area contributed by atoms with Crippen molar-refractivity contribution in [3.8, 4) is 0 Å². The molecule has 0 spiro atoms. The number of rotatable bonds is 3. The van der Waals surface area contributed by atoms with Gasteiger partial charge in [-0.25, -0.2) is 15.0 Å². The molecule has 3 aromatic rings. The Morgan fingerprint density at radius 1 is 1.18 bits per heavy atom. The first kappa shape index (κ1) is 10.2. The van der Waals surface area contributed by atoms with Crippen molar-refractivity contribution in [3.05, 3.63) is 30.6 Å². The van der Waals surface area contributed by atoms with E-state index in [1.54, 1.807) is 13.4 Å². The van der Waals surface area contributed by atoms with Crippen LogP contribution in [0.5, 0.6) is 0 Å². The van der Waals surface area contributed by atoms with Crippen LogP contribution in [-0.4, -0.2) is 33.2 Å². The van der Waals surface area contributed by atoms with Gasteiger partial charge in [0.2, 0.25) is 0 Å². The van der Waals surface area contributed by atoms with Gasteiger partial charge in [-0.3, -0.25) is 0 Å². The summed E-state index contributed by atoms with van der Waals surface area (Å²) in [5.41, 5.74) is 3.25. The molecule has 0 saturated carbocycles. The fourth-order valence-corrected chi connectivity index (χ4v) is 1.79. The lowest BCUT2D eigenvalue weighted by atomic mass is 10.3. The van der Waals surface area contributed by atoms with E-state index in [9.17, 15) is 0 Å². The van der Waals surface area contributed by atoms with Crippen molar-refractivity contribution in [2.24, 2.45) is 0 Å². The molecule has 0 bridgehead atoms. The minimum Gasteiger partial charge on any atom is -0.383 e. The molecule has 86 valence electrons. The SMILES string of the molecule is COCCn1cnc2nc3ccccc3nc21. The van der Waals surface area contributed by atoms with Gasteiger partial charge in [0, 0.05) is 13.7 Å². The molecule has 1 aromatic carbocycles. The van der Waals surface area contributed by atoms with Gasteiger partial charge >= 0.3 is 0 Å². The zero-order valence-corrected chi connectivity index (χ0v) is 9.50. The minimum atomic E-state index is 0.639. The summed E-state index contributed by atoms with van der Waals surface area (Å²) >= 11 is 0. The van der Waals surface area contributed by atoms with Gasteiger partial charge in [0.15, 0.2) is 11.3 Å². The molecule has 0 saturated heterocycles. The third-order valence-electron chi connectivity index (χ3n) is 2.66. The second kappa shape index (κ2) is 4.10. The van der Waals surface area contributed by atoms with Crippen LogP contribution in [0.1, 0.15) is 0 Å². The lowest BCUT2D eigenvalue weighted by Gasteiger charge is -2.02. The highest BCUT2D eigenvalue weighted by atomic mass is 16.5. The van der Waals surface area contributed by atoms with Crippen LogP contribution in [0.4, 0.5) is 0 Å². The third kappa shape index (κ3) is 1.74. The summed E-state index contributed by atoms with van der Waals surface area (Å²) in [5, 5.41) is 0. The smallest absolute Gasteiger partial charge is 0.198 e. The average molecular weight is 228 g/mol. The number of imidazole rings is 1. The number of hydrogen-bond donors (Lipinski definition) is 0. The lowest BCUT2D eigenvalue weighted by Crippen LogP contribution is -2.03. The van der Waals surface area contributed by atoms with Crippen LogP contribution in [0.15, 0.2) is 30.6 Å². The largest absolute Gasteiger partial charge is 0.383 e. The van der Waals surface area contributed by atoms with E-state index in [4.69, 9.17) is 4.74 Å². The van der Waals surface area contributed by atoms with Crippen LogP contribution in [-0.2, 0) is 11.3 Å². The standard InChI is InChI=1S/C12H12N4O/c1-17-7-6-16-8-13-11-12(16)15-10-5-3-2-4-9(10)14-11/h2-5,8H,6-7H2,1H3. The molecule has 5 heteroatoms. The Morgan fingerprint density at radius 3 is 2.71 bits per heavy atom. The van der Waals surface area contributed by atoms with E-state index in [1.807, 2.05) is 28.8 Å². The number of hydrogen-bond acceptors (Lipinski definition) is 4. The number of para-hydroxylation sites is 2. The Balaban J connectivity index is 2.17. The second-order valence-corrected chi connectivity index (χ2v) is 3.79. The number of fused-ring (bicyclic) bond motifs is 2. The molecule has 0 amide bonds. The van der Waals surface area contributed by atoms with Gasteiger partial charge in [0.1, 0.15) is 0 Å². The topological polar surface area (TPSA) is 52.8 Å². The Hall–Kier alpha value is -2.01. The van der Waals surface area contributed by atoms with Gasteiger partial charge in [-0.2, -0.15) is 0 Å². The average Bonchev–Trinajstić information content (AvgIpc) is 2.76. The predicted molar refractivity (Wildman–Crippen MR) is 64.7 cm³/mol. The molecule has 0 aliphatic heterocycles. The summed E-state index contributed by atoms with van der Waals surface area (Å²) in [6.45, 7) is 1.37. The van der Waals surface area contributed by atoms with Crippen molar-refractivity contribution in [2.75, 3.05) is 13.7 Å². The molecular weight excluding hydrogens is 216 g/mol. The number of nitrogens with zero attached hydrogens (tertiary/aromatic N) is 4. The Morgan fingerprint density at radius 2 is 1.94 bits per heavy atom. The summed E-state index contributed by atoms with van der Waals surface area (Å²) in [4.78, 5) is 13.3. The first-order chi connectivity index (χ1) is 8.38. The first-order valence-corrected chi connectivity index (χ1v) is 5.45. The van der Waals surface area contributed by atoms with Gasteiger partial charge in [0.05, 0.1) is 24.0 Å². The van der Waals surface area contributed by atoms with Crippen LogP contribution >= 0.6 is 0 Å². The van der Waals surface area contributed by atoms with Crippen molar-refractivity contribution < 1.29 is 4.74 Å². The van der Waals surface area contributed by atoms with Gasteiger partial charge in [-0.05, 0) is 12.1 Å². The summed E-state index contributed by atoms with van der Waals surface area (Å²) in [6, 6.07) is 7.80. The van der Waals surface area contributed by atoms with Crippen LogP contribution < -0.4 is 0 Å². The van der Waals surface area contributed by atoms with E-state index in [-0.39, 0.29) is 0 Å². The molecule has 0 radical (unpaired) electrons. The first-order valence-electron chi connectivity index (χ1n) is 5.45. The van der Waals surface area contributed by atoms with E-state index < -0.39 is 0 Å². The number of benzene rings is 1. The van der Waals surface area contributed by atoms with E-state index in [2.05, 4.69) is 15.0 Å². The molecule has 0 atom stereocenters. The molecular formula is C12H12N4O. The maximum atomic E-state index is 5.05. The summed E-state index contributed by atoms with van der Waals surface area (Å²) in [5.74, 6) is 0. The number of aromatic nitrogens is 4. The predicted octanol–water partition coefficient (Wildman–Crippen LogP) is 1.63. The van der Waals surface area contributed by atoms with Crippen molar-refractivity contribution in [1.29, 1.82) is 0 Å². The highest BCUT2D eigenvalue weighted by molar-refractivity contribution is 5.82. The minimum absolute atomic E-state index is 0.639. The summed E-state index contributed by atoms with van der Waals surface area (Å²) in [6.07, 6.45) is 1.75. The Kier molecular flexibility index (Phi) is 2.45. The van der Waals surface area contributed by atoms with Gasteiger partial charge in [-0.15, -0.1) is 0 Å². The summed E-state index contributed by atoms with van der Waals surface area (Å²) in [7, 11) is 1.68. The molecule has 17 heavy (non-hydrogen) atoms. The Labute approximate surface area is 98.1 Å². The van der Waals surface area contributed by atoms with Crippen LogP contribution in [0.25, 0.3) is 22.3 Å². The van der Waals surface area contributed by atoms with Gasteiger partial charge in [0.25, 0.3) is 0 Å². The second-order valence-electron chi connectivity index (χ2n) is 3.79. The van der Waals surface area contributed by atoms with Crippen molar-refractivity contribution in [3.63, 3.8) is 0 Å². The molecule has 0 N–H and O–H groups in total. The van der Waals surface area contributed by atoms with Gasteiger partial charge < -0.3 is 9.30 Å². The van der Waals surface area contributed by atoms with E-state index >= 15 is 0 Å². The quantitative estimate of drug-likeness (QED) is 0.683. The molecule has 0 unspecified atom stereocenters. The fraction of sp³-hybridized carbons (Fsp3) is 0.250. The van der Waals surface area contributed by atoms with E-state index in [0.29, 0.717) is 12.3 Å². The van der Waals surface area contributed by atoms with Crippen LogP contribution in [0.3, 0.4) is 0 Å². The van der Waals surface area contributed by atoms with E-state index in [1.165, 1.54) is 0 Å². The van der Waals surface area contributed by atoms with Crippen molar-refractivity contribution in [2.45, 2.75) is 6.54 Å². The molecule has 2 heterocycles. The monoisotopic (exact) mass is 228 g/mol. The molecule has 0 aliphatic carbocycles. The van der Waals surface area contributed by atoms with E-state index in [0.717, 1.165) is 23.2 Å². The zero-order chi connectivity index (χ0) is 11.7. The number of methoxy groups -OCH3 is 1. The van der Waals surface area contributed by atoms with Crippen molar-refractivity contribution in [1.82, 2.24) is 19.5 Å². The number of ether oxygens (including phenoxy) is 1. The molecule has 0 fully saturated rings. The lowest BCUT2D eigenvalue weighted by molar-refractivity contribution is 0.188. The molecule has 5 nitrogen and oxygen atoms in total. The molecule has 0 aliphatic rings. The zero-order valence-electron chi connectivity index (χ0n) is 9.50. The summed E-state index contributed by atoms with van der Waals surface area (Å²) < 4.78 is 7.01. The highest BCUT2D eigenvalue weighted by Crippen LogP contribution is 2.14. The maximum Gasteiger partial charge on any atom is 0.198 e. The fourth-order valence-electron chi connectivity index (χ4n) is 1.79. The van der Waals surface area contributed by atoms with Crippen molar-refractivity contribution >= 4 is 22.3 Å². The normalized spacial score (nSPS) is 11.4. The van der Waals surface area contributed by atoms with Crippen LogP contribution in [0, 0.1) is 0 Å². The van der Waals surface area contributed by atoms with Crippen LogP contribution in [0.2, 0.25) is 0 Å². The third-order valence-corrected chi connectivity index (χ3v) is 2.66. The molecule has 3 rings (SSSR count). The maximum absolute atomic E-state index is 5.05.